The Morgan fingerprint density at radius 3 is 2.59 bits per heavy atom. The van der Waals surface area contributed by atoms with Crippen molar-refractivity contribution in [3.8, 4) is 0 Å². The summed E-state index contributed by atoms with van der Waals surface area (Å²) < 4.78 is 5.81. The Morgan fingerprint density at radius 1 is 1.14 bits per heavy atom. The van der Waals surface area contributed by atoms with Gasteiger partial charge in [-0.05, 0) is 24.6 Å². The van der Waals surface area contributed by atoms with Crippen molar-refractivity contribution >= 4 is 11.7 Å². The molecule has 0 spiro atoms. The van der Waals surface area contributed by atoms with Crippen molar-refractivity contribution in [2.45, 2.75) is 13.0 Å². The Labute approximate surface area is 130 Å². The molecule has 1 aliphatic rings. The molecular formula is C18H20N2O2. The van der Waals surface area contributed by atoms with Gasteiger partial charge < -0.3 is 15.0 Å². The normalized spacial score (nSPS) is 18.0. The molecule has 4 nitrogen and oxygen atoms in total. The Balaban J connectivity index is 1.65. The number of nitrogens with zero attached hydrogens (tertiary/aromatic N) is 1. The minimum absolute atomic E-state index is 0.0594. The number of aryl methyl sites for hydroxylation is 1. The Morgan fingerprint density at radius 2 is 1.86 bits per heavy atom. The second-order valence-corrected chi connectivity index (χ2v) is 5.51. The van der Waals surface area contributed by atoms with Crippen molar-refractivity contribution in [3.63, 3.8) is 0 Å². The van der Waals surface area contributed by atoms with Crippen molar-refractivity contribution in [2.24, 2.45) is 0 Å². The van der Waals surface area contributed by atoms with E-state index in [1.807, 2.05) is 30.3 Å². The van der Waals surface area contributed by atoms with Gasteiger partial charge in [0.2, 0.25) is 0 Å². The predicted molar refractivity (Wildman–Crippen MR) is 86.9 cm³/mol. The smallest absolute Gasteiger partial charge is 0.322 e. The quantitative estimate of drug-likeness (QED) is 0.920. The molecule has 1 saturated heterocycles. The summed E-state index contributed by atoms with van der Waals surface area (Å²) in [7, 11) is 0. The van der Waals surface area contributed by atoms with Gasteiger partial charge in [0.1, 0.15) is 6.10 Å². The van der Waals surface area contributed by atoms with Gasteiger partial charge in [0.15, 0.2) is 0 Å². The summed E-state index contributed by atoms with van der Waals surface area (Å²) in [5, 5.41) is 2.92. The zero-order valence-electron chi connectivity index (χ0n) is 12.7. The summed E-state index contributed by atoms with van der Waals surface area (Å²) in [6.45, 7) is 3.80. The second kappa shape index (κ2) is 6.62. The maximum Gasteiger partial charge on any atom is 0.322 e. The number of nitrogens with one attached hydrogen (secondary N) is 1. The van der Waals surface area contributed by atoms with E-state index in [1.165, 1.54) is 5.56 Å². The van der Waals surface area contributed by atoms with E-state index in [9.17, 15) is 4.79 Å². The molecule has 4 heteroatoms. The third-order valence-electron chi connectivity index (χ3n) is 3.83. The lowest BCUT2D eigenvalue weighted by Gasteiger charge is -2.33. The first-order chi connectivity index (χ1) is 10.7. The first-order valence-corrected chi connectivity index (χ1v) is 7.51. The summed E-state index contributed by atoms with van der Waals surface area (Å²) in [6, 6.07) is 17.7. The highest BCUT2D eigenvalue weighted by molar-refractivity contribution is 5.89. The highest BCUT2D eigenvalue weighted by atomic mass is 16.5. The molecule has 2 amide bonds. The third-order valence-corrected chi connectivity index (χ3v) is 3.83. The van der Waals surface area contributed by atoms with E-state index in [-0.39, 0.29) is 12.1 Å². The van der Waals surface area contributed by atoms with E-state index in [0.29, 0.717) is 19.7 Å². The number of anilines is 1. The lowest BCUT2D eigenvalue weighted by atomic mass is 10.1. The van der Waals surface area contributed by atoms with Crippen LogP contribution in [-0.2, 0) is 4.74 Å². The molecular weight excluding hydrogens is 276 g/mol. The third kappa shape index (κ3) is 3.46. The highest BCUT2D eigenvalue weighted by Crippen LogP contribution is 2.23. The molecule has 1 unspecified atom stereocenters. The molecule has 1 N–H and O–H groups in total. The summed E-state index contributed by atoms with van der Waals surface area (Å²) in [4.78, 5) is 14.2. The lowest BCUT2D eigenvalue weighted by molar-refractivity contribution is -0.0135. The number of benzene rings is 2. The first-order valence-electron chi connectivity index (χ1n) is 7.51. The zero-order chi connectivity index (χ0) is 15.4. The first kappa shape index (κ1) is 14.6. The highest BCUT2D eigenvalue weighted by Gasteiger charge is 2.25. The van der Waals surface area contributed by atoms with Crippen molar-refractivity contribution in [1.29, 1.82) is 0 Å². The van der Waals surface area contributed by atoms with Crippen LogP contribution in [0.15, 0.2) is 54.6 Å². The number of urea groups is 1. The molecule has 1 aliphatic heterocycles. The predicted octanol–water partition coefficient (Wildman–Crippen LogP) is 3.60. The number of rotatable bonds is 2. The minimum Gasteiger partial charge on any atom is -0.370 e. The minimum atomic E-state index is -0.0772. The van der Waals surface area contributed by atoms with Crippen LogP contribution in [0.4, 0.5) is 10.5 Å². The van der Waals surface area contributed by atoms with E-state index in [1.54, 1.807) is 4.90 Å². The monoisotopic (exact) mass is 296 g/mol. The SMILES string of the molecule is Cc1ccc(C2CN(C(=O)Nc3ccccc3)CCO2)cc1. The number of amides is 2. The van der Waals surface area contributed by atoms with Crippen LogP contribution in [0.1, 0.15) is 17.2 Å². The molecule has 0 aliphatic carbocycles. The van der Waals surface area contributed by atoms with Gasteiger partial charge in [-0.2, -0.15) is 0 Å². The standard InChI is InChI=1S/C18H20N2O2/c1-14-7-9-15(10-8-14)17-13-20(11-12-22-17)18(21)19-16-5-3-2-4-6-16/h2-10,17H,11-13H2,1H3,(H,19,21). The average molecular weight is 296 g/mol. The van der Waals surface area contributed by atoms with Gasteiger partial charge in [-0.15, -0.1) is 0 Å². The number of para-hydroxylation sites is 1. The van der Waals surface area contributed by atoms with Crippen LogP contribution < -0.4 is 5.32 Å². The molecule has 1 fully saturated rings. The molecule has 2 aromatic rings. The Hall–Kier alpha value is -2.33. The number of hydrogen-bond acceptors (Lipinski definition) is 2. The zero-order valence-corrected chi connectivity index (χ0v) is 12.7. The van der Waals surface area contributed by atoms with E-state index in [0.717, 1.165) is 11.3 Å². The van der Waals surface area contributed by atoms with Crippen molar-refractivity contribution in [1.82, 2.24) is 4.90 Å². The molecule has 0 bridgehead atoms. The second-order valence-electron chi connectivity index (χ2n) is 5.51. The molecule has 1 atom stereocenters. The van der Waals surface area contributed by atoms with Crippen LogP contribution in [0.3, 0.4) is 0 Å². The summed E-state index contributed by atoms with van der Waals surface area (Å²) >= 11 is 0. The largest absolute Gasteiger partial charge is 0.370 e. The van der Waals surface area contributed by atoms with Gasteiger partial charge >= 0.3 is 6.03 Å². The molecule has 2 aromatic carbocycles. The maximum absolute atomic E-state index is 12.4. The summed E-state index contributed by atoms with van der Waals surface area (Å²) in [5.74, 6) is 0. The number of morpholine rings is 1. The summed E-state index contributed by atoms with van der Waals surface area (Å²) in [6.07, 6.45) is -0.0594. The van der Waals surface area contributed by atoms with Crippen LogP contribution in [0.5, 0.6) is 0 Å². The Bertz CT molecular complexity index is 625. The molecule has 3 rings (SSSR count). The maximum atomic E-state index is 12.4. The topological polar surface area (TPSA) is 41.6 Å². The molecule has 114 valence electrons. The van der Waals surface area contributed by atoms with E-state index in [2.05, 4.69) is 36.5 Å². The number of carbonyl (C=O) groups excluding carboxylic acids is 1. The van der Waals surface area contributed by atoms with Gasteiger partial charge in [0.05, 0.1) is 13.2 Å². The van der Waals surface area contributed by atoms with Gasteiger partial charge in [0.25, 0.3) is 0 Å². The van der Waals surface area contributed by atoms with E-state index in [4.69, 9.17) is 4.74 Å². The van der Waals surface area contributed by atoms with Crippen LogP contribution in [0, 0.1) is 6.92 Å². The van der Waals surface area contributed by atoms with Crippen LogP contribution >= 0.6 is 0 Å². The van der Waals surface area contributed by atoms with Crippen LogP contribution in [0.25, 0.3) is 0 Å². The molecule has 0 radical (unpaired) electrons. The van der Waals surface area contributed by atoms with Crippen LogP contribution in [-0.4, -0.2) is 30.6 Å². The summed E-state index contributed by atoms with van der Waals surface area (Å²) in [5.41, 5.74) is 3.15. The fourth-order valence-electron chi connectivity index (χ4n) is 2.54. The van der Waals surface area contributed by atoms with E-state index < -0.39 is 0 Å². The number of carbonyl (C=O) groups is 1. The van der Waals surface area contributed by atoms with Gasteiger partial charge in [-0.1, -0.05) is 48.0 Å². The number of hydrogen-bond donors (Lipinski definition) is 1. The van der Waals surface area contributed by atoms with Gasteiger partial charge in [0, 0.05) is 12.2 Å². The average Bonchev–Trinajstić information content (AvgIpc) is 2.56. The van der Waals surface area contributed by atoms with Crippen molar-refractivity contribution in [3.05, 3.63) is 65.7 Å². The van der Waals surface area contributed by atoms with Crippen molar-refractivity contribution in [2.75, 3.05) is 25.0 Å². The molecule has 0 aromatic heterocycles. The fourth-order valence-corrected chi connectivity index (χ4v) is 2.54. The fraction of sp³-hybridized carbons (Fsp3) is 0.278. The molecule has 1 heterocycles. The van der Waals surface area contributed by atoms with E-state index >= 15 is 0 Å². The molecule has 0 saturated carbocycles. The molecule has 22 heavy (non-hydrogen) atoms. The Kier molecular flexibility index (Phi) is 4.39. The van der Waals surface area contributed by atoms with Gasteiger partial charge in [-0.3, -0.25) is 0 Å². The van der Waals surface area contributed by atoms with Crippen molar-refractivity contribution < 1.29 is 9.53 Å². The number of ether oxygens (including phenoxy) is 1. The lowest BCUT2D eigenvalue weighted by Crippen LogP contribution is -2.44. The van der Waals surface area contributed by atoms with Gasteiger partial charge in [-0.25, -0.2) is 4.79 Å². The van der Waals surface area contributed by atoms with Crippen LogP contribution in [0.2, 0.25) is 0 Å².